The number of sulfonamides is 1. The highest BCUT2D eigenvalue weighted by atomic mass is 32.2. The first-order valence-corrected chi connectivity index (χ1v) is 14.8. The number of halogens is 4. The van der Waals surface area contributed by atoms with Gasteiger partial charge >= 0.3 is 6.18 Å². The summed E-state index contributed by atoms with van der Waals surface area (Å²) in [6.07, 6.45) is -3.97. The number of aryl methyl sites for hydroxylation is 1. The van der Waals surface area contributed by atoms with Gasteiger partial charge < -0.3 is 10.2 Å². The molecule has 226 valence electrons. The van der Waals surface area contributed by atoms with Crippen molar-refractivity contribution in [3.05, 3.63) is 95.3 Å². The zero-order chi connectivity index (χ0) is 31.1. The van der Waals surface area contributed by atoms with Crippen LogP contribution in [0.4, 0.5) is 23.2 Å². The van der Waals surface area contributed by atoms with Crippen LogP contribution in [0.25, 0.3) is 0 Å². The van der Waals surface area contributed by atoms with Crippen molar-refractivity contribution >= 4 is 27.5 Å². The standard InChI is InChI=1S/C30H33F4N3O4S/c1-4-17-35-29(39)27(5-2)36(19-22-11-13-24(31)14-12-22)28(38)20-37(25-8-6-7-23(18-25)30(32,33)34)42(40,41)26-15-9-21(3)10-16-26/h6-16,18,27H,4-5,17,19-20H2,1-3H3,(H,35,39)/t27-/m1/s1. The fourth-order valence-corrected chi connectivity index (χ4v) is 5.68. The Kier molecular flexibility index (Phi) is 10.7. The molecule has 0 aliphatic heterocycles. The van der Waals surface area contributed by atoms with Crippen LogP contribution in [0.2, 0.25) is 0 Å². The Labute approximate surface area is 243 Å². The van der Waals surface area contributed by atoms with E-state index in [2.05, 4.69) is 5.32 Å². The van der Waals surface area contributed by atoms with Crippen molar-refractivity contribution < 1.29 is 35.6 Å². The average Bonchev–Trinajstić information content (AvgIpc) is 2.95. The molecule has 0 aromatic heterocycles. The SMILES string of the molecule is CCCNC(=O)[C@@H](CC)N(Cc1ccc(F)cc1)C(=O)CN(c1cccc(C(F)(F)F)c1)S(=O)(=O)c1ccc(C)cc1. The summed E-state index contributed by atoms with van der Waals surface area (Å²) in [7, 11) is -4.54. The third-order valence-corrected chi connectivity index (χ3v) is 8.34. The molecule has 7 nitrogen and oxygen atoms in total. The average molecular weight is 608 g/mol. The van der Waals surface area contributed by atoms with E-state index in [0.29, 0.717) is 28.9 Å². The zero-order valence-electron chi connectivity index (χ0n) is 23.5. The van der Waals surface area contributed by atoms with Gasteiger partial charge in [-0.1, -0.05) is 49.7 Å². The largest absolute Gasteiger partial charge is 0.416 e. The number of alkyl halides is 3. The van der Waals surface area contributed by atoms with E-state index in [-0.39, 0.29) is 23.5 Å². The van der Waals surface area contributed by atoms with Gasteiger partial charge in [0.1, 0.15) is 18.4 Å². The lowest BCUT2D eigenvalue weighted by atomic mass is 10.1. The molecule has 0 saturated heterocycles. The Bertz CT molecular complexity index is 1480. The zero-order valence-corrected chi connectivity index (χ0v) is 24.3. The van der Waals surface area contributed by atoms with Crippen molar-refractivity contribution in [2.24, 2.45) is 0 Å². The van der Waals surface area contributed by atoms with Crippen molar-refractivity contribution in [2.75, 3.05) is 17.4 Å². The molecule has 0 bridgehead atoms. The highest BCUT2D eigenvalue weighted by Crippen LogP contribution is 2.33. The van der Waals surface area contributed by atoms with Crippen LogP contribution in [0.5, 0.6) is 0 Å². The lowest BCUT2D eigenvalue weighted by Gasteiger charge is -2.33. The van der Waals surface area contributed by atoms with E-state index in [1.807, 2.05) is 6.92 Å². The summed E-state index contributed by atoms with van der Waals surface area (Å²) in [4.78, 5) is 27.9. The molecule has 1 N–H and O–H groups in total. The quantitative estimate of drug-likeness (QED) is 0.269. The topological polar surface area (TPSA) is 86.8 Å². The van der Waals surface area contributed by atoms with Gasteiger partial charge in [0.2, 0.25) is 11.8 Å². The Morgan fingerprint density at radius 1 is 0.952 bits per heavy atom. The van der Waals surface area contributed by atoms with E-state index in [1.165, 1.54) is 59.5 Å². The number of nitrogens with one attached hydrogen (secondary N) is 1. The number of hydrogen-bond acceptors (Lipinski definition) is 4. The molecule has 1 atom stereocenters. The van der Waals surface area contributed by atoms with E-state index in [9.17, 15) is 35.6 Å². The van der Waals surface area contributed by atoms with Gasteiger partial charge in [0.05, 0.1) is 16.1 Å². The van der Waals surface area contributed by atoms with Gasteiger partial charge in [-0.15, -0.1) is 0 Å². The van der Waals surface area contributed by atoms with Gasteiger partial charge in [-0.3, -0.25) is 13.9 Å². The number of anilines is 1. The molecule has 12 heteroatoms. The first kappa shape index (κ1) is 32.6. The number of amides is 2. The van der Waals surface area contributed by atoms with Gasteiger partial charge in [-0.2, -0.15) is 13.2 Å². The number of nitrogens with zero attached hydrogens (tertiary/aromatic N) is 2. The van der Waals surface area contributed by atoms with Gasteiger partial charge in [0, 0.05) is 13.1 Å². The minimum Gasteiger partial charge on any atom is -0.354 e. The molecule has 0 fully saturated rings. The fraction of sp³-hybridized carbons (Fsp3) is 0.333. The summed E-state index contributed by atoms with van der Waals surface area (Å²) in [6, 6.07) is 13.6. The van der Waals surface area contributed by atoms with Gasteiger partial charge in [0.15, 0.2) is 0 Å². The monoisotopic (exact) mass is 607 g/mol. The first-order chi connectivity index (χ1) is 19.8. The Balaban J connectivity index is 2.11. The van der Waals surface area contributed by atoms with E-state index < -0.39 is 52.0 Å². The van der Waals surface area contributed by atoms with E-state index in [4.69, 9.17) is 0 Å². The Morgan fingerprint density at radius 3 is 2.17 bits per heavy atom. The van der Waals surface area contributed by atoms with Crippen molar-refractivity contribution in [2.45, 2.75) is 57.3 Å². The number of carbonyl (C=O) groups excluding carboxylic acids is 2. The molecular weight excluding hydrogens is 574 g/mol. The molecule has 0 heterocycles. The minimum atomic E-state index is -4.77. The molecule has 2 amide bonds. The highest BCUT2D eigenvalue weighted by Gasteiger charge is 2.36. The van der Waals surface area contributed by atoms with Crippen LogP contribution in [0.15, 0.2) is 77.7 Å². The van der Waals surface area contributed by atoms with Gasteiger partial charge in [0.25, 0.3) is 10.0 Å². The summed E-state index contributed by atoms with van der Waals surface area (Å²) < 4.78 is 82.6. The maximum atomic E-state index is 13.9. The van der Waals surface area contributed by atoms with Crippen molar-refractivity contribution in [3.63, 3.8) is 0 Å². The third kappa shape index (κ3) is 8.09. The van der Waals surface area contributed by atoms with Crippen LogP contribution < -0.4 is 9.62 Å². The predicted molar refractivity (Wildman–Crippen MR) is 151 cm³/mol. The maximum absolute atomic E-state index is 13.9. The number of benzene rings is 3. The molecule has 0 aliphatic carbocycles. The van der Waals surface area contributed by atoms with Crippen LogP contribution in [-0.4, -0.2) is 44.3 Å². The summed E-state index contributed by atoms with van der Waals surface area (Å²) >= 11 is 0. The highest BCUT2D eigenvalue weighted by molar-refractivity contribution is 7.92. The Morgan fingerprint density at radius 2 is 1.60 bits per heavy atom. The number of carbonyl (C=O) groups is 2. The molecular formula is C30H33F4N3O4S. The number of hydrogen-bond donors (Lipinski definition) is 1. The second-order valence-corrected chi connectivity index (χ2v) is 11.6. The molecule has 3 aromatic rings. The summed E-state index contributed by atoms with van der Waals surface area (Å²) in [6.45, 7) is 4.55. The molecule has 3 rings (SSSR count). The summed E-state index contributed by atoms with van der Waals surface area (Å²) in [5.41, 5.74) is -0.238. The third-order valence-electron chi connectivity index (χ3n) is 6.55. The fourth-order valence-electron chi connectivity index (χ4n) is 4.28. The predicted octanol–water partition coefficient (Wildman–Crippen LogP) is 5.68. The Hall–Kier alpha value is -3.93. The molecule has 0 spiro atoms. The lowest BCUT2D eigenvalue weighted by Crippen LogP contribution is -2.52. The van der Waals surface area contributed by atoms with E-state index >= 15 is 0 Å². The lowest BCUT2D eigenvalue weighted by molar-refractivity contribution is -0.140. The smallest absolute Gasteiger partial charge is 0.354 e. The molecule has 42 heavy (non-hydrogen) atoms. The summed E-state index contributed by atoms with van der Waals surface area (Å²) in [5.74, 6) is -1.81. The molecule has 0 aliphatic rings. The van der Waals surface area contributed by atoms with Crippen LogP contribution in [0, 0.1) is 12.7 Å². The maximum Gasteiger partial charge on any atom is 0.416 e. The molecule has 3 aromatic carbocycles. The van der Waals surface area contributed by atoms with E-state index in [0.717, 1.165) is 17.7 Å². The van der Waals surface area contributed by atoms with Crippen LogP contribution in [0.3, 0.4) is 0 Å². The molecule has 0 unspecified atom stereocenters. The second-order valence-electron chi connectivity index (χ2n) is 9.74. The van der Waals surface area contributed by atoms with Crippen molar-refractivity contribution in [1.29, 1.82) is 0 Å². The number of rotatable bonds is 12. The minimum absolute atomic E-state index is 0.163. The normalized spacial score (nSPS) is 12.5. The van der Waals surface area contributed by atoms with Gasteiger partial charge in [-0.25, -0.2) is 12.8 Å². The van der Waals surface area contributed by atoms with Crippen LogP contribution >= 0.6 is 0 Å². The van der Waals surface area contributed by atoms with E-state index in [1.54, 1.807) is 13.8 Å². The van der Waals surface area contributed by atoms with Crippen LogP contribution in [-0.2, 0) is 32.3 Å². The first-order valence-electron chi connectivity index (χ1n) is 13.4. The second kappa shape index (κ2) is 13.8. The van der Waals surface area contributed by atoms with Crippen molar-refractivity contribution in [3.8, 4) is 0 Å². The summed E-state index contributed by atoms with van der Waals surface area (Å²) in [5, 5.41) is 2.73. The van der Waals surface area contributed by atoms with Crippen LogP contribution in [0.1, 0.15) is 43.4 Å². The molecule has 0 radical (unpaired) electrons. The van der Waals surface area contributed by atoms with Gasteiger partial charge in [-0.05, 0) is 67.8 Å². The molecule has 0 saturated carbocycles. The van der Waals surface area contributed by atoms with Crippen molar-refractivity contribution in [1.82, 2.24) is 10.2 Å².